The Balaban J connectivity index is 2.04. The molecule has 2 N–H and O–H groups in total. The minimum absolute atomic E-state index is 0.125. The number of esters is 1. The summed E-state index contributed by atoms with van der Waals surface area (Å²) in [5.41, 5.74) is 0.904. The molecule has 1 aromatic carbocycles. The predicted octanol–water partition coefficient (Wildman–Crippen LogP) is 1.48. The molecule has 0 saturated heterocycles. The monoisotopic (exact) mass is 372 g/mol. The molecule has 0 bridgehead atoms. The summed E-state index contributed by atoms with van der Waals surface area (Å²) < 4.78 is 4.55. The molecule has 0 radical (unpaired) electrons. The minimum Gasteiger partial charge on any atom is -0.469 e. The molecule has 0 aliphatic rings. The second-order valence-electron chi connectivity index (χ2n) is 5.23. The van der Waals surface area contributed by atoms with Gasteiger partial charge in [-0.25, -0.2) is 4.98 Å². The number of carbonyl (C=O) groups is 2. The average Bonchev–Trinajstić information content (AvgIpc) is 2.61. The van der Waals surface area contributed by atoms with E-state index in [2.05, 4.69) is 20.0 Å². The molecule has 1 heterocycles. The quantitative estimate of drug-likeness (QED) is 0.447. The molecule has 0 saturated carbocycles. The Hall–Kier alpha value is -3.12. The highest BCUT2D eigenvalue weighted by Crippen LogP contribution is 2.20. The van der Waals surface area contributed by atoms with Crippen LogP contribution in [-0.2, 0) is 20.7 Å². The van der Waals surface area contributed by atoms with Crippen molar-refractivity contribution in [3.8, 4) is 6.07 Å². The van der Waals surface area contributed by atoms with E-state index in [1.54, 1.807) is 31.2 Å². The van der Waals surface area contributed by atoms with Gasteiger partial charge in [0.2, 0.25) is 5.91 Å². The molecule has 8 nitrogen and oxygen atoms in total. The van der Waals surface area contributed by atoms with Crippen LogP contribution in [0.2, 0.25) is 0 Å². The largest absolute Gasteiger partial charge is 0.469 e. The van der Waals surface area contributed by atoms with E-state index < -0.39 is 16.8 Å². The van der Waals surface area contributed by atoms with Crippen molar-refractivity contribution in [2.45, 2.75) is 23.8 Å². The topological polar surface area (TPSA) is 125 Å². The number of thioether (sulfide) groups is 1. The molecular weight excluding hydrogens is 356 g/mol. The number of nitrogens with zero attached hydrogens (tertiary/aromatic N) is 2. The number of anilines is 1. The van der Waals surface area contributed by atoms with E-state index in [1.165, 1.54) is 13.2 Å². The Morgan fingerprint density at radius 1 is 1.38 bits per heavy atom. The Kier molecular flexibility index (Phi) is 6.52. The molecule has 26 heavy (non-hydrogen) atoms. The Labute approximate surface area is 153 Å². The molecule has 0 fully saturated rings. The summed E-state index contributed by atoms with van der Waals surface area (Å²) in [5.74, 6) is -0.800. The third-order valence-corrected chi connectivity index (χ3v) is 4.25. The molecule has 1 amide bonds. The third-order valence-electron chi connectivity index (χ3n) is 3.27. The second kappa shape index (κ2) is 8.82. The molecule has 2 rings (SSSR count). The van der Waals surface area contributed by atoms with E-state index >= 15 is 0 Å². The van der Waals surface area contributed by atoms with Crippen molar-refractivity contribution in [2.24, 2.45) is 0 Å². The van der Waals surface area contributed by atoms with Gasteiger partial charge in [0, 0.05) is 11.8 Å². The zero-order valence-corrected chi connectivity index (χ0v) is 14.9. The van der Waals surface area contributed by atoms with E-state index in [0.29, 0.717) is 11.3 Å². The number of H-pyrrole nitrogens is 1. The maximum Gasteiger partial charge on any atom is 0.311 e. The van der Waals surface area contributed by atoms with Crippen molar-refractivity contribution < 1.29 is 14.3 Å². The zero-order chi connectivity index (χ0) is 19.1. The number of rotatable bonds is 6. The molecule has 1 aromatic heterocycles. The number of aromatic amines is 1. The Morgan fingerprint density at radius 3 is 2.69 bits per heavy atom. The zero-order valence-electron chi connectivity index (χ0n) is 14.1. The van der Waals surface area contributed by atoms with Gasteiger partial charge in [-0.1, -0.05) is 11.8 Å². The van der Waals surface area contributed by atoms with Crippen LogP contribution in [0.25, 0.3) is 0 Å². The van der Waals surface area contributed by atoms with Crippen LogP contribution in [0.5, 0.6) is 0 Å². The number of amides is 1. The van der Waals surface area contributed by atoms with Crippen LogP contribution in [0.4, 0.5) is 5.69 Å². The van der Waals surface area contributed by atoms with Gasteiger partial charge in [0.05, 0.1) is 36.1 Å². The van der Waals surface area contributed by atoms with E-state index in [-0.39, 0.29) is 23.2 Å². The highest BCUT2D eigenvalue weighted by Gasteiger charge is 2.17. The molecule has 9 heteroatoms. The van der Waals surface area contributed by atoms with Crippen LogP contribution in [0.3, 0.4) is 0 Å². The first-order chi connectivity index (χ1) is 12.4. The van der Waals surface area contributed by atoms with Crippen LogP contribution < -0.4 is 10.9 Å². The lowest BCUT2D eigenvalue weighted by Gasteiger charge is -2.12. The first-order valence-electron chi connectivity index (χ1n) is 7.56. The summed E-state index contributed by atoms with van der Waals surface area (Å²) in [6.45, 7) is 1.66. The summed E-state index contributed by atoms with van der Waals surface area (Å²) in [5, 5.41) is 11.2. The second-order valence-corrected chi connectivity index (χ2v) is 6.56. The first-order valence-corrected chi connectivity index (χ1v) is 8.44. The Morgan fingerprint density at radius 2 is 2.08 bits per heavy atom. The number of methoxy groups -OCH3 is 1. The van der Waals surface area contributed by atoms with Crippen molar-refractivity contribution in [3.05, 3.63) is 51.9 Å². The minimum atomic E-state index is -0.554. The Bertz CT molecular complexity index is 902. The lowest BCUT2D eigenvalue weighted by Crippen LogP contribution is -2.23. The van der Waals surface area contributed by atoms with Gasteiger partial charge >= 0.3 is 5.97 Å². The molecule has 1 atom stereocenters. The number of hydrogen-bond acceptors (Lipinski definition) is 7. The van der Waals surface area contributed by atoms with Crippen molar-refractivity contribution in [1.29, 1.82) is 5.26 Å². The van der Waals surface area contributed by atoms with Gasteiger partial charge in [-0.15, -0.1) is 0 Å². The molecule has 0 spiro atoms. The van der Waals surface area contributed by atoms with Crippen molar-refractivity contribution in [1.82, 2.24) is 9.97 Å². The van der Waals surface area contributed by atoms with E-state index in [4.69, 9.17) is 5.26 Å². The smallest absolute Gasteiger partial charge is 0.311 e. The number of aromatic nitrogens is 2. The highest BCUT2D eigenvalue weighted by atomic mass is 32.2. The maximum atomic E-state index is 12.3. The van der Waals surface area contributed by atoms with Crippen molar-refractivity contribution in [2.75, 3.05) is 12.4 Å². The number of carbonyl (C=O) groups excluding carboxylic acids is 2. The van der Waals surface area contributed by atoms with Crippen molar-refractivity contribution in [3.63, 3.8) is 0 Å². The number of nitrogens with one attached hydrogen (secondary N) is 2. The van der Waals surface area contributed by atoms with Crippen LogP contribution in [-0.4, -0.2) is 34.2 Å². The highest BCUT2D eigenvalue weighted by molar-refractivity contribution is 8.00. The molecular formula is C17H16N4O4S. The van der Waals surface area contributed by atoms with Crippen molar-refractivity contribution >= 4 is 29.3 Å². The lowest BCUT2D eigenvalue weighted by atomic mass is 10.2. The number of ether oxygens (including phenoxy) is 1. The number of nitriles is 1. The van der Waals surface area contributed by atoms with Crippen LogP contribution >= 0.6 is 11.8 Å². The number of benzene rings is 1. The van der Waals surface area contributed by atoms with Crippen LogP contribution in [0.1, 0.15) is 18.2 Å². The summed E-state index contributed by atoms with van der Waals surface area (Å²) in [6, 6.07) is 9.67. The summed E-state index contributed by atoms with van der Waals surface area (Å²) in [6.07, 6.45) is -0.125. The fourth-order valence-electron chi connectivity index (χ4n) is 1.94. The SMILES string of the molecule is COC(=O)Cc1cc(=O)[nH]c(S[C@@H](C)C(=O)Nc2ccc(C#N)cc2)n1. The third kappa shape index (κ3) is 5.46. The normalized spacial score (nSPS) is 11.3. The molecule has 0 aliphatic heterocycles. The standard InChI is InChI=1S/C17H16N4O4S/c1-10(16(24)19-12-5-3-11(9-18)4-6-12)26-17-20-13(7-14(22)21-17)8-15(23)25-2/h3-7,10H,8H2,1-2H3,(H,19,24)(H,20,21,22)/t10-/m0/s1. The first kappa shape index (κ1) is 19.2. The van der Waals surface area contributed by atoms with Gasteiger partial charge in [-0.3, -0.25) is 14.4 Å². The molecule has 134 valence electrons. The lowest BCUT2D eigenvalue weighted by molar-refractivity contribution is -0.139. The fraction of sp³-hybridized carbons (Fsp3) is 0.235. The van der Waals surface area contributed by atoms with Gasteiger partial charge in [-0.05, 0) is 31.2 Å². The average molecular weight is 372 g/mol. The predicted molar refractivity (Wildman–Crippen MR) is 95.7 cm³/mol. The maximum absolute atomic E-state index is 12.3. The molecule has 0 aliphatic carbocycles. The van der Waals surface area contributed by atoms with Crippen LogP contribution in [0.15, 0.2) is 40.3 Å². The summed E-state index contributed by atoms with van der Waals surface area (Å²) in [7, 11) is 1.25. The fourth-order valence-corrected chi connectivity index (χ4v) is 2.77. The van der Waals surface area contributed by atoms with Gasteiger partial charge in [-0.2, -0.15) is 5.26 Å². The van der Waals surface area contributed by atoms with Crippen LogP contribution in [0, 0.1) is 11.3 Å². The van der Waals surface area contributed by atoms with Gasteiger partial charge < -0.3 is 15.0 Å². The summed E-state index contributed by atoms with van der Waals surface area (Å²) >= 11 is 1.06. The van der Waals surface area contributed by atoms with Gasteiger partial charge in [0.25, 0.3) is 5.56 Å². The van der Waals surface area contributed by atoms with E-state index in [1.807, 2.05) is 6.07 Å². The molecule has 0 unspecified atom stereocenters. The number of hydrogen-bond donors (Lipinski definition) is 2. The van der Waals surface area contributed by atoms with Gasteiger partial charge in [0.15, 0.2) is 5.16 Å². The molecule has 2 aromatic rings. The summed E-state index contributed by atoms with van der Waals surface area (Å²) in [4.78, 5) is 42.0. The van der Waals surface area contributed by atoms with Gasteiger partial charge in [0.1, 0.15) is 0 Å². The van der Waals surface area contributed by atoms with E-state index in [0.717, 1.165) is 11.8 Å². The van der Waals surface area contributed by atoms with E-state index in [9.17, 15) is 14.4 Å².